The van der Waals surface area contributed by atoms with Crippen molar-refractivity contribution in [2.75, 3.05) is 31.5 Å². The monoisotopic (exact) mass is 352 g/mol. The predicted molar refractivity (Wildman–Crippen MR) is 107 cm³/mol. The van der Waals surface area contributed by atoms with E-state index in [-0.39, 0.29) is 0 Å². The van der Waals surface area contributed by atoms with Crippen LogP contribution in [-0.4, -0.2) is 31.1 Å². The Morgan fingerprint density at radius 2 is 1.88 bits per heavy atom. The van der Waals surface area contributed by atoms with Gasteiger partial charge in [0.25, 0.3) is 0 Å². The van der Waals surface area contributed by atoms with Crippen molar-refractivity contribution in [1.29, 1.82) is 0 Å². The molecule has 2 aromatic rings. The molecule has 0 saturated carbocycles. The van der Waals surface area contributed by atoms with Crippen LogP contribution in [0, 0.1) is 0 Å². The summed E-state index contributed by atoms with van der Waals surface area (Å²) >= 11 is 6.02. The van der Waals surface area contributed by atoms with Gasteiger partial charge in [0, 0.05) is 22.7 Å². The minimum absolute atomic E-state index is 0.298. The van der Waals surface area contributed by atoms with E-state index in [1.54, 1.807) is 0 Å². The van der Waals surface area contributed by atoms with Crippen molar-refractivity contribution in [2.45, 2.75) is 24.7 Å². The number of likely N-dealkylation sites (tertiary alicyclic amines) is 1. The Morgan fingerprint density at radius 1 is 1.04 bits per heavy atom. The smallest absolute Gasteiger partial charge is 0.0426 e. The van der Waals surface area contributed by atoms with Crippen LogP contribution in [0.3, 0.4) is 0 Å². The first-order chi connectivity index (χ1) is 12.3. The number of hydrogen-bond acceptors (Lipinski definition) is 2. The number of halogens is 1. The van der Waals surface area contributed by atoms with Crippen LogP contribution in [0.4, 0.5) is 5.69 Å². The van der Waals surface area contributed by atoms with Gasteiger partial charge in [-0.2, -0.15) is 0 Å². The van der Waals surface area contributed by atoms with Gasteiger partial charge in [0.05, 0.1) is 0 Å². The molecule has 0 radical (unpaired) electrons. The van der Waals surface area contributed by atoms with Gasteiger partial charge in [0.15, 0.2) is 0 Å². The Kier molecular flexibility index (Phi) is 4.82. The van der Waals surface area contributed by atoms with Gasteiger partial charge in [-0.3, -0.25) is 0 Å². The number of allylic oxidation sites excluding steroid dienone is 1. The lowest BCUT2D eigenvalue weighted by Gasteiger charge is -2.39. The molecule has 3 heteroatoms. The number of benzene rings is 2. The summed E-state index contributed by atoms with van der Waals surface area (Å²) in [5.41, 5.74) is 4.36. The Labute approximate surface area is 155 Å². The third kappa shape index (κ3) is 3.61. The standard InChI is InChI=1S/C22H25ClN2/c23-19-6-3-7-20(17-19)24-13-4-14-25-15-11-22(12-16-25)10-9-18-5-1-2-8-21(18)22/h1-3,5-10,17,24H,4,11-16H2. The minimum Gasteiger partial charge on any atom is -0.385 e. The van der Waals surface area contributed by atoms with Crippen LogP contribution in [0.15, 0.2) is 54.6 Å². The van der Waals surface area contributed by atoms with Crippen LogP contribution in [-0.2, 0) is 5.41 Å². The Morgan fingerprint density at radius 3 is 2.72 bits per heavy atom. The summed E-state index contributed by atoms with van der Waals surface area (Å²) in [6.45, 7) is 4.53. The SMILES string of the molecule is Clc1cccc(NCCCN2CCC3(C=Cc4ccccc43)CC2)c1. The number of rotatable bonds is 5. The van der Waals surface area contributed by atoms with Crippen molar-refractivity contribution in [3.63, 3.8) is 0 Å². The van der Waals surface area contributed by atoms with E-state index in [4.69, 9.17) is 11.6 Å². The molecule has 1 spiro atoms. The molecule has 0 unspecified atom stereocenters. The zero-order chi connectivity index (χ0) is 17.1. The molecule has 2 aromatic carbocycles. The van der Waals surface area contributed by atoms with Gasteiger partial charge in [0.2, 0.25) is 0 Å². The summed E-state index contributed by atoms with van der Waals surface area (Å²) in [4.78, 5) is 2.61. The molecular weight excluding hydrogens is 328 g/mol. The Hall–Kier alpha value is -1.77. The molecule has 1 aliphatic carbocycles. The molecular formula is C22H25ClN2. The fraction of sp³-hybridized carbons (Fsp3) is 0.364. The van der Waals surface area contributed by atoms with E-state index in [0.717, 1.165) is 30.2 Å². The van der Waals surface area contributed by atoms with Gasteiger partial charge in [0.1, 0.15) is 0 Å². The third-order valence-electron chi connectivity index (χ3n) is 5.63. The quantitative estimate of drug-likeness (QED) is 0.744. The van der Waals surface area contributed by atoms with Crippen molar-refractivity contribution >= 4 is 23.4 Å². The molecule has 1 N–H and O–H groups in total. The largest absolute Gasteiger partial charge is 0.385 e. The number of hydrogen-bond donors (Lipinski definition) is 1. The summed E-state index contributed by atoms with van der Waals surface area (Å²) in [6.07, 6.45) is 8.41. The summed E-state index contributed by atoms with van der Waals surface area (Å²) in [6, 6.07) is 16.8. The first-order valence-corrected chi connectivity index (χ1v) is 9.64. The van der Waals surface area contributed by atoms with E-state index < -0.39 is 0 Å². The normalized spacial score (nSPS) is 18.4. The van der Waals surface area contributed by atoms with Crippen LogP contribution in [0.5, 0.6) is 0 Å². The fourth-order valence-corrected chi connectivity index (χ4v) is 4.37. The van der Waals surface area contributed by atoms with Crippen LogP contribution in [0.2, 0.25) is 5.02 Å². The number of anilines is 1. The summed E-state index contributed by atoms with van der Waals surface area (Å²) in [5, 5.41) is 4.25. The average Bonchev–Trinajstić information content (AvgIpc) is 2.99. The lowest BCUT2D eigenvalue weighted by atomic mass is 9.74. The lowest BCUT2D eigenvalue weighted by Crippen LogP contribution is -2.41. The van der Waals surface area contributed by atoms with Crippen LogP contribution < -0.4 is 5.32 Å². The predicted octanol–water partition coefficient (Wildman–Crippen LogP) is 5.20. The van der Waals surface area contributed by atoms with Crippen molar-refractivity contribution in [1.82, 2.24) is 4.90 Å². The Bertz CT molecular complexity index is 760. The van der Waals surface area contributed by atoms with E-state index in [0.29, 0.717) is 5.41 Å². The van der Waals surface area contributed by atoms with Gasteiger partial charge in [-0.05, 0) is 68.2 Å². The molecule has 2 aliphatic rings. The molecule has 25 heavy (non-hydrogen) atoms. The van der Waals surface area contributed by atoms with E-state index in [1.807, 2.05) is 18.2 Å². The second-order valence-electron chi connectivity index (χ2n) is 7.21. The highest BCUT2D eigenvalue weighted by Crippen LogP contribution is 2.43. The van der Waals surface area contributed by atoms with E-state index in [9.17, 15) is 0 Å². The van der Waals surface area contributed by atoms with Gasteiger partial charge in [-0.1, -0.05) is 54.1 Å². The van der Waals surface area contributed by atoms with Crippen molar-refractivity contribution in [3.8, 4) is 0 Å². The molecule has 0 aromatic heterocycles. The fourth-order valence-electron chi connectivity index (χ4n) is 4.18. The molecule has 4 rings (SSSR count). The molecule has 1 aliphatic heterocycles. The molecule has 0 amide bonds. The molecule has 1 saturated heterocycles. The van der Waals surface area contributed by atoms with Crippen molar-refractivity contribution < 1.29 is 0 Å². The van der Waals surface area contributed by atoms with Gasteiger partial charge >= 0.3 is 0 Å². The molecule has 0 atom stereocenters. The number of piperidine rings is 1. The summed E-state index contributed by atoms with van der Waals surface area (Å²) in [5.74, 6) is 0. The molecule has 1 heterocycles. The maximum absolute atomic E-state index is 6.02. The summed E-state index contributed by atoms with van der Waals surface area (Å²) < 4.78 is 0. The average molecular weight is 353 g/mol. The maximum atomic E-state index is 6.02. The second kappa shape index (κ2) is 7.23. The van der Waals surface area contributed by atoms with Crippen molar-refractivity contribution in [2.24, 2.45) is 0 Å². The molecule has 2 nitrogen and oxygen atoms in total. The van der Waals surface area contributed by atoms with Gasteiger partial charge in [-0.15, -0.1) is 0 Å². The van der Waals surface area contributed by atoms with Crippen LogP contribution in [0.1, 0.15) is 30.4 Å². The zero-order valence-corrected chi connectivity index (χ0v) is 15.3. The van der Waals surface area contributed by atoms with Gasteiger partial charge < -0.3 is 10.2 Å². The molecule has 1 fully saturated rings. The van der Waals surface area contributed by atoms with Crippen LogP contribution >= 0.6 is 11.6 Å². The third-order valence-corrected chi connectivity index (χ3v) is 5.87. The van der Waals surface area contributed by atoms with Crippen molar-refractivity contribution in [3.05, 3.63) is 70.8 Å². The second-order valence-corrected chi connectivity index (χ2v) is 7.65. The number of fused-ring (bicyclic) bond motifs is 2. The highest BCUT2D eigenvalue weighted by molar-refractivity contribution is 6.30. The van der Waals surface area contributed by atoms with Crippen LogP contribution in [0.25, 0.3) is 6.08 Å². The van der Waals surface area contributed by atoms with Gasteiger partial charge in [-0.25, -0.2) is 0 Å². The highest BCUT2D eigenvalue weighted by Gasteiger charge is 2.37. The van der Waals surface area contributed by atoms with E-state index >= 15 is 0 Å². The Balaban J connectivity index is 1.24. The number of nitrogens with zero attached hydrogens (tertiary/aromatic N) is 1. The highest BCUT2D eigenvalue weighted by atomic mass is 35.5. The first-order valence-electron chi connectivity index (χ1n) is 9.26. The zero-order valence-electron chi connectivity index (χ0n) is 14.5. The van der Waals surface area contributed by atoms with E-state index in [1.165, 1.54) is 37.1 Å². The molecule has 0 bridgehead atoms. The van der Waals surface area contributed by atoms with E-state index in [2.05, 4.69) is 52.7 Å². The first kappa shape index (κ1) is 16.7. The minimum atomic E-state index is 0.298. The number of nitrogens with one attached hydrogen (secondary N) is 1. The summed E-state index contributed by atoms with van der Waals surface area (Å²) in [7, 11) is 0. The topological polar surface area (TPSA) is 15.3 Å². The lowest BCUT2D eigenvalue weighted by molar-refractivity contribution is 0.184. The maximum Gasteiger partial charge on any atom is 0.0426 e. The molecule has 130 valence electrons.